The van der Waals surface area contributed by atoms with Crippen LogP contribution in [0.25, 0.3) is 0 Å². The van der Waals surface area contributed by atoms with Crippen LogP contribution < -0.4 is 15.5 Å². The van der Waals surface area contributed by atoms with E-state index in [4.69, 9.17) is 0 Å². The third-order valence-electron chi connectivity index (χ3n) is 4.61. The maximum atomic E-state index is 12.7. The molecule has 5 nitrogen and oxygen atoms in total. The highest BCUT2D eigenvalue weighted by Crippen LogP contribution is 2.28. The first-order chi connectivity index (χ1) is 12.1. The molecule has 2 aromatic rings. The van der Waals surface area contributed by atoms with E-state index in [0.29, 0.717) is 11.3 Å². The summed E-state index contributed by atoms with van der Waals surface area (Å²) in [6.45, 7) is 2.78. The summed E-state index contributed by atoms with van der Waals surface area (Å²) in [7, 11) is 1.59. The van der Waals surface area contributed by atoms with E-state index in [0.717, 1.165) is 25.1 Å². The Labute approximate surface area is 148 Å². The molecule has 0 fully saturated rings. The Balaban J connectivity index is 1.75. The number of hydrogen-bond acceptors (Lipinski definition) is 3. The zero-order valence-electron chi connectivity index (χ0n) is 14.6. The molecule has 130 valence electrons. The molecule has 2 N–H and O–H groups in total. The van der Waals surface area contributed by atoms with E-state index in [-0.39, 0.29) is 17.9 Å². The molecule has 2 aromatic carbocycles. The topological polar surface area (TPSA) is 61.4 Å². The highest BCUT2D eigenvalue weighted by Gasteiger charge is 2.25. The summed E-state index contributed by atoms with van der Waals surface area (Å²) in [5.41, 5.74) is 3.57. The lowest BCUT2D eigenvalue weighted by molar-refractivity contribution is -0.117. The van der Waals surface area contributed by atoms with Crippen molar-refractivity contribution in [2.75, 3.05) is 23.8 Å². The molecule has 0 saturated carbocycles. The third kappa shape index (κ3) is 3.65. The van der Waals surface area contributed by atoms with Crippen LogP contribution in [0, 0.1) is 0 Å². The Morgan fingerprint density at radius 1 is 1.12 bits per heavy atom. The van der Waals surface area contributed by atoms with Crippen molar-refractivity contribution in [2.45, 2.75) is 25.8 Å². The molecule has 1 unspecified atom stereocenters. The molecule has 0 aromatic heterocycles. The number of para-hydroxylation sites is 1. The maximum Gasteiger partial charge on any atom is 0.251 e. The van der Waals surface area contributed by atoms with Gasteiger partial charge in [0, 0.05) is 30.5 Å². The summed E-state index contributed by atoms with van der Waals surface area (Å²) in [5.74, 6) is -0.250. The normalized spacial score (nSPS) is 14.4. The number of anilines is 2. The van der Waals surface area contributed by atoms with Gasteiger partial charge in [0.1, 0.15) is 6.04 Å². The molecule has 1 atom stereocenters. The first-order valence-corrected chi connectivity index (χ1v) is 8.57. The molecule has 25 heavy (non-hydrogen) atoms. The van der Waals surface area contributed by atoms with E-state index in [1.165, 1.54) is 5.56 Å². The van der Waals surface area contributed by atoms with Gasteiger partial charge >= 0.3 is 0 Å². The van der Waals surface area contributed by atoms with Crippen molar-refractivity contribution < 1.29 is 9.59 Å². The summed E-state index contributed by atoms with van der Waals surface area (Å²) in [4.78, 5) is 26.6. The SMILES string of the molecule is CNC(=O)c1cccc(NC(=O)C(C)N2CCCc3ccccc32)c1. The number of fused-ring (bicyclic) bond motifs is 1. The van der Waals surface area contributed by atoms with E-state index in [1.54, 1.807) is 31.3 Å². The predicted octanol–water partition coefficient (Wildman–Crippen LogP) is 2.83. The second-order valence-corrected chi connectivity index (χ2v) is 6.25. The average Bonchev–Trinajstić information content (AvgIpc) is 2.66. The molecular weight excluding hydrogens is 314 g/mol. The lowest BCUT2D eigenvalue weighted by Gasteiger charge is -2.35. The van der Waals surface area contributed by atoms with Crippen molar-refractivity contribution in [3.8, 4) is 0 Å². The molecule has 0 radical (unpaired) electrons. The number of carbonyl (C=O) groups excluding carboxylic acids is 2. The van der Waals surface area contributed by atoms with Crippen LogP contribution in [0.1, 0.15) is 29.3 Å². The van der Waals surface area contributed by atoms with E-state index >= 15 is 0 Å². The van der Waals surface area contributed by atoms with Gasteiger partial charge in [0.05, 0.1) is 0 Å². The first-order valence-electron chi connectivity index (χ1n) is 8.57. The van der Waals surface area contributed by atoms with Crippen molar-refractivity contribution in [3.05, 3.63) is 59.7 Å². The Morgan fingerprint density at radius 2 is 1.92 bits per heavy atom. The van der Waals surface area contributed by atoms with Crippen molar-refractivity contribution in [1.29, 1.82) is 0 Å². The fourth-order valence-electron chi connectivity index (χ4n) is 3.24. The number of benzene rings is 2. The Morgan fingerprint density at radius 3 is 2.72 bits per heavy atom. The fraction of sp³-hybridized carbons (Fsp3) is 0.300. The third-order valence-corrected chi connectivity index (χ3v) is 4.61. The van der Waals surface area contributed by atoms with Gasteiger partial charge in [0.2, 0.25) is 5.91 Å². The minimum Gasteiger partial charge on any atom is -0.360 e. The molecule has 0 saturated heterocycles. The quantitative estimate of drug-likeness (QED) is 0.902. The Kier molecular flexibility index (Phi) is 5.03. The number of aryl methyl sites for hydroxylation is 1. The lowest BCUT2D eigenvalue weighted by Crippen LogP contribution is -2.44. The first kappa shape index (κ1) is 17.0. The standard InChI is InChI=1S/C20H23N3O2/c1-14(23-12-6-9-15-7-3-4-11-18(15)23)19(24)22-17-10-5-8-16(13-17)20(25)21-2/h3-5,7-8,10-11,13-14H,6,9,12H2,1-2H3,(H,21,25)(H,22,24). The van der Waals surface area contributed by atoms with Gasteiger partial charge in [0.25, 0.3) is 5.91 Å². The van der Waals surface area contributed by atoms with Crippen LogP contribution in [0.3, 0.4) is 0 Å². The van der Waals surface area contributed by atoms with Gasteiger partial charge in [-0.2, -0.15) is 0 Å². The minimum absolute atomic E-state index is 0.0780. The molecular formula is C20H23N3O2. The molecule has 1 heterocycles. The molecule has 0 aliphatic carbocycles. The monoisotopic (exact) mass is 337 g/mol. The van der Waals surface area contributed by atoms with Gasteiger partial charge in [-0.05, 0) is 49.6 Å². The van der Waals surface area contributed by atoms with Gasteiger partial charge in [-0.1, -0.05) is 24.3 Å². The van der Waals surface area contributed by atoms with Crippen molar-refractivity contribution in [2.24, 2.45) is 0 Å². The molecule has 0 bridgehead atoms. The minimum atomic E-state index is -0.287. The van der Waals surface area contributed by atoms with Crippen LogP contribution >= 0.6 is 0 Å². The van der Waals surface area contributed by atoms with Crippen LogP contribution in [0.15, 0.2) is 48.5 Å². The zero-order chi connectivity index (χ0) is 17.8. The highest BCUT2D eigenvalue weighted by atomic mass is 16.2. The van der Waals surface area contributed by atoms with Crippen molar-refractivity contribution >= 4 is 23.2 Å². The average molecular weight is 337 g/mol. The smallest absolute Gasteiger partial charge is 0.251 e. The van der Waals surface area contributed by atoms with Crippen LogP contribution in [-0.2, 0) is 11.2 Å². The number of carbonyl (C=O) groups is 2. The molecule has 1 aliphatic rings. The van der Waals surface area contributed by atoms with Crippen LogP contribution in [0.4, 0.5) is 11.4 Å². The molecule has 3 rings (SSSR count). The van der Waals surface area contributed by atoms with Gasteiger partial charge in [0.15, 0.2) is 0 Å². The summed E-state index contributed by atoms with van der Waals surface area (Å²) >= 11 is 0. The summed E-state index contributed by atoms with van der Waals surface area (Å²) < 4.78 is 0. The predicted molar refractivity (Wildman–Crippen MR) is 100 cm³/mol. The van der Waals surface area contributed by atoms with E-state index in [9.17, 15) is 9.59 Å². The van der Waals surface area contributed by atoms with E-state index < -0.39 is 0 Å². The van der Waals surface area contributed by atoms with Crippen molar-refractivity contribution in [3.63, 3.8) is 0 Å². The molecule has 1 aliphatic heterocycles. The molecule has 5 heteroatoms. The van der Waals surface area contributed by atoms with E-state index in [2.05, 4.69) is 27.7 Å². The Hall–Kier alpha value is -2.82. The summed E-state index contributed by atoms with van der Waals surface area (Å²) in [6.07, 6.45) is 2.09. The molecule has 2 amide bonds. The van der Waals surface area contributed by atoms with Crippen LogP contribution in [0.2, 0.25) is 0 Å². The zero-order valence-corrected chi connectivity index (χ0v) is 14.6. The molecule has 0 spiro atoms. The van der Waals surface area contributed by atoms with Crippen molar-refractivity contribution in [1.82, 2.24) is 5.32 Å². The largest absolute Gasteiger partial charge is 0.360 e. The van der Waals surface area contributed by atoms with Gasteiger partial charge in [-0.3, -0.25) is 9.59 Å². The second kappa shape index (κ2) is 7.38. The summed E-state index contributed by atoms with van der Waals surface area (Å²) in [5, 5.41) is 5.52. The second-order valence-electron chi connectivity index (χ2n) is 6.25. The van der Waals surface area contributed by atoms with Crippen LogP contribution in [0.5, 0.6) is 0 Å². The highest BCUT2D eigenvalue weighted by molar-refractivity contribution is 5.99. The number of hydrogen-bond donors (Lipinski definition) is 2. The lowest BCUT2D eigenvalue weighted by atomic mass is 10.00. The number of nitrogens with zero attached hydrogens (tertiary/aromatic N) is 1. The van der Waals surface area contributed by atoms with Gasteiger partial charge in [-0.25, -0.2) is 0 Å². The van der Waals surface area contributed by atoms with E-state index in [1.807, 2.05) is 19.1 Å². The van der Waals surface area contributed by atoms with Crippen LogP contribution in [-0.4, -0.2) is 31.4 Å². The fourth-order valence-corrected chi connectivity index (χ4v) is 3.24. The summed E-state index contributed by atoms with van der Waals surface area (Å²) in [6, 6.07) is 14.9. The number of rotatable bonds is 4. The Bertz CT molecular complexity index is 788. The maximum absolute atomic E-state index is 12.7. The number of amides is 2. The van der Waals surface area contributed by atoms with Gasteiger partial charge < -0.3 is 15.5 Å². The van der Waals surface area contributed by atoms with Gasteiger partial charge in [-0.15, -0.1) is 0 Å². The number of nitrogens with one attached hydrogen (secondary N) is 2.